The van der Waals surface area contributed by atoms with Gasteiger partial charge in [0, 0.05) is 42.5 Å². The zero-order valence-corrected chi connectivity index (χ0v) is 17.3. The van der Waals surface area contributed by atoms with Crippen LogP contribution in [0, 0.1) is 18.2 Å². The van der Waals surface area contributed by atoms with Crippen LogP contribution in [0.15, 0.2) is 29.2 Å². The monoisotopic (exact) mass is 419 g/mol. The molecule has 5 heterocycles. The number of nitrogen functional groups attached to an aromatic ring is 1. The third-order valence-corrected chi connectivity index (χ3v) is 6.58. The minimum absolute atomic E-state index is 0.0598. The zero-order chi connectivity index (χ0) is 21.5. The van der Waals surface area contributed by atoms with Crippen LogP contribution < -0.4 is 16.2 Å². The number of nitrogens with zero attached hydrogens (tertiary/aromatic N) is 4. The Labute approximate surface area is 176 Å². The molecule has 2 aliphatic rings. The highest BCUT2D eigenvalue weighted by Crippen LogP contribution is 2.43. The molecule has 4 N–H and O–H groups in total. The molecule has 158 valence electrons. The molecule has 1 aromatic carbocycles. The van der Waals surface area contributed by atoms with Gasteiger partial charge in [-0.05, 0) is 37.2 Å². The Morgan fingerprint density at radius 3 is 2.74 bits per heavy atom. The Morgan fingerprint density at radius 1 is 1.23 bits per heavy atom. The van der Waals surface area contributed by atoms with Crippen molar-refractivity contribution < 1.29 is 4.39 Å². The van der Waals surface area contributed by atoms with Gasteiger partial charge in [0.25, 0.3) is 5.56 Å². The topological polar surface area (TPSA) is 107 Å². The van der Waals surface area contributed by atoms with E-state index in [-0.39, 0.29) is 11.2 Å². The van der Waals surface area contributed by atoms with Gasteiger partial charge in [-0.1, -0.05) is 6.07 Å². The summed E-state index contributed by atoms with van der Waals surface area (Å²) in [6.07, 6.45) is 1.54. The fraction of sp³-hybridized carbons (Fsp3) is 0.318. The van der Waals surface area contributed by atoms with Gasteiger partial charge in [0.05, 0.1) is 17.2 Å². The fourth-order valence-corrected chi connectivity index (χ4v) is 5.35. The first-order chi connectivity index (χ1) is 14.8. The lowest BCUT2D eigenvalue weighted by Gasteiger charge is -2.60. The van der Waals surface area contributed by atoms with Gasteiger partial charge in [0.2, 0.25) is 0 Å². The summed E-state index contributed by atoms with van der Waals surface area (Å²) in [6.45, 7) is 6.15. The highest BCUT2D eigenvalue weighted by Gasteiger charge is 2.51. The number of rotatable bonds is 2. The van der Waals surface area contributed by atoms with Crippen LogP contribution in [-0.2, 0) is 0 Å². The fourth-order valence-electron chi connectivity index (χ4n) is 5.35. The number of H-pyrrole nitrogens is 2. The summed E-state index contributed by atoms with van der Waals surface area (Å²) in [7, 11) is 2.14. The molecule has 6 rings (SSSR count). The van der Waals surface area contributed by atoms with Gasteiger partial charge in [0.1, 0.15) is 22.8 Å². The maximum atomic E-state index is 14.2. The van der Waals surface area contributed by atoms with Gasteiger partial charge in [-0.25, -0.2) is 9.37 Å². The molecular weight excluding hydrogens is 397 g/mol. The summed E-state index contributed by atoms with van der Waals surface area (Å²) in [5.41, 5.74) is 9.89. The average Bonchev–Trinajstić information content (AvgIpc) is 3.17. The molecule has 8 nitrogen and oxygen atoms in total. The van der Waals surface area contributed by atoms with Gasteiger partial charge in [-0.2, -0.15) is 5.10 Å². The van der Waals surface area contributed by atoms with Gasteiger partial charge in [-0.15, -0.1) is 0 Å². The average molecular weight is 419 g/mol. The molecule has 0 saturated carbocycles. The maximum Gasteiger partial charge on any atom is 0.272 e. The van der Waals surface area contributed by atoms with Crippen LogP contribution >= 0.6 is 0 Å². The molecular formula is C22H22FN7O. The molecule has 0 radical (unpaired) electrons. The van der Waals surface area contributed by atoms with Crippen molar-refractivity contribution >= 4 is 33.4 Å². The molecule has 0 bridgehead atoms. The third kappa shape index (κ3) is 2.53. The summed E-state index contributed by atoms with van der Waals surface area (Å²) in [6, 6.07) is 4.92. The van der Waals surface area contributed by atoms with Crippen molar-refractivity contribution in [1.29, 1.82) is 0 Å². The van der Waals surface area contributed by atoms with E-state index in [1.54, 1.807) is 12.3 Å². The molecule has 2 fully saturated rings. The van der Waals surface area contributed by atoms with Crippen LogP contribution in [0.2, 0.25) is 0 Å². The number of halogens is 1. The number of nitrogens with one attached hydrogen (secondary N) is 2. The van der Waals surface area contributed by atoms with Gasteiger partial charge >= 0.3 is 0 Å². The standard InChI is InChI=1S/C22H22FN7O/c1-11-5-15-19(27-20(11)30-9-22(10-30)7-29(2)8-22)16(17(24)21(31)26-15)12-3-4-14(23)18-13(12)6-25-28-18/h3-6H,7-10,24H2,1-2H3,(H,25,28)(H,26,31). The van der Waals surface area contributed by atoms with Crippen molar-refractivity contribution in [3.05, 3.63) is 46.1 Å². The van der Waals surface area contributed by atoms with Gasteiger partial charge < -0.3 is 20.5 Å². The smallest absolute Gasteiger partial charge is 0.272 e. The van der Waals surface area contributed by atoms with Crippen LogP contribution in [0.5, 0.6) is 0 Å². The lowest BCUT2D eigenvalue weighted by Crippen LogP contribution is -2.71. The number of anilines is 2. The van der Waals surface area contributed by atoms with E-state index < -0.39 is 11.4 Å². The molecule has 1 spiro atoms. The second-order valence-electron chi connectivity index (χ2n) is 9.05. The number of nitrogens with two attached hydrogens (primary N) is 1. The van der Waals surface area contributed by atoms with Gasteiger partial charge in [0.15, 0.2) is 0 Å². The van der Waals surface area contributed by atoms with E-state index in [9.17, 15) is 9.18 Å². The van der Waals surface area contributed by atoms with Crippen LogP contribution in [-0.4, -0.2) is 58.3 Å². The predicted molar refractivity (Wildman–Crippen MR) is 119 cm³/mol. The summed E-state index contributed by atoms with van der Waals surface area (Å²) in [5, 5.41) is 7.21. The molecule has 2 aliphatic heterocycles. The summed E-state index contributed by atoms with van der Waals surface area (Å²) in [4.78, 5) is 25.0. The highest BCUT2D eigenvalue weighted by atomic mass is 19.1. The number of benzene rings is 1. The van der Waals surface area contributed by atoms with E-state index in [1.165, 1.54) is 6.07 Å². The molecule has 2 saturated heterocycles. The quantitative estimate of drug-likeness (QED) is 0.460. The summed E-state index contributed by atoms with van der Waals surface area (Å²) >= 11 is 0. The van der Waals surface area contributed by atoms with Crippen molar-refractivity contribution in [2.24, 2.45) is 5.41 Å². The van der Waals surface area contributed by atoms with E-state index in [4.69, 9.17) is 10.7 Å². The predicted octanol–water partition coefficient (Wildman–Crippen LogP) is 2.25. The number of likely N-dealkylation sites (tertiary alicyclic amines) is 1. The lowest BCUT2D eigenvalue weighted by molar-refractivity contribution is -0.00282. The Hall–Kier alpha value is -3.46. The molecule has 3 aromatic heterocycles. The molecule has 0 aliphatic carbocycles. The van der Waals surface area contributed by atoms with Crippen molar-refractivity contribution in [2.45, 2.75) is 6.92 Å². The number of hydrogen-bond acceptors (Lipinski definition) is 6. The van der Waals surface area contributed by atoms with Crippen molar-refractivity contribution in [3.8, 4) is 11.1 Å². The van der Waals surface area contributed by atoms with Crippen molar-refractivity contribution in [3.63, 3.8) is 0 Å². The van der Waals surface area contributed by atoms with E-state index in [0.717, 1.165) is 37.6 Å². The maximum absolute atomic E-state index is 14.2. The van der Waals surface area contributed by atoms with E-state index >= 15 is 0 Å². The van der Waals surface area contributed by atoms with Crippen molar-refractivity contribution in [1.82, 2.24) is 25.1 Å². The highest BCUT2D eigenvalue weighted by molar-refractivity contribution is 6.06. The van der Waals surface area contributed by atoms with E-state index in [1.807, 2.05) is 13.0 Å². The van der Waals surface area contributed by atoms with Crippen LogP contribution in [0.4, 0.5) is 15.9 Å². The third-order valence-electron chi connectivity index (χ3n) is 6.58. The largest absolute Gasteiger partial charge is 0.394 e. The molecule has 0 atom stereocenters. The van der Waals surface area contributed by atoms with Crippen LogP contribution in [0.1, 0.15) is 5.56 Å². The number of aromatic nitrogens is 4. The molecule has 31 heavy (non-hydrogen) atoms. The number of fused-ring (bicyclic) bond motifs is 2. The first-order valence-corrected chi connectivity index (χ1v) is 10.2. The lowest BCUT2D eigenvalue weighted by atomic mass is 9.73. The summed E-state index contributed by atoms with van der Waals surface area (Å²) < 4.78 is 14.2. The van der Waals surface area contributed by atoms with E-state index in [0.29, 0.717) is 33.0 Å². The van der Waals surface area contributed by atoms with Crippen LogP contribution in [0.3, 0.4) is 0 Å². The number of aromatic amines is 2. The molecule has 4 aromatic rings. The van der Waals surface area contributed by atoms with E-state index in [2.05, 4.69) is 32.0 Å². The van der Waals surface area contributed by atoms with Gasteiger partial charge in [-0.3, -0.25) is 9.89 Å². The Kier molecular flexibility index (Phi) is 3.57. The molecule has 0 unspecified atom stereocenters. The molecule has 9 heteroatoms. The molecule has 0 amide bonds. The summed E-state index contributed by atoms with van der Waals surface area (Å²) in [5.74, 6) is 0.482. The normalized spacial score (nSPS) is 18.0. The minimum Gasteiger partial charge on any atom is -0.394 e. The Morgan fingerprint density at radius 2 is 2.00 bits per heavy atom. The zero-order valence-electron chi connectivity index (χ0n) is 17.3. The SMILES string of the molecule is Cc1cc2[nH]c(=O)c(N)c(-c3ccc(F)c4[nH]ncc34)c2nc1N1CC2(CN(C)C2)C1. The number of hydrogen-bond donors (Lipinski definition) is 3. The first-order valence-electron chi connectivity index (χ1n) is 10.2. The second kappa shape index (κ2) is 6.04. The Balaban J connectivity index is 1.55. The Bertz CT molecular complexity index is 1430. The first kappa shape index (κ1) is 18.3. The van der Waals surface area contributed by atoms with Crippen LogP contribution in [0.25, 0.3) is 33.1 Å². The minimum atomic E-state index is -0.412. The number of aryl methyl sites for hydroxylation is 1. The van der Waals surface area contributed by atoms with Crippen molar-refractivity contribution in [2.75, 3.05) is 43.9 Å². The second-order valence-corrected chi connectivity index (χ2v) is 9.05. The number of pyridine rings is 2.